The zero-order valence-electron chi connectivity index (χ0n) is 12.9. The van der Waals surface area contributed by atoms with Crippen molar-refractivity contribution in [2.24, 2.45) is 7.05 Å². The summed E-state index contributed by atoms with van der Waals surface area (Å²) in [4.78, 5) is 7.09. The first-order chi connectivity index (χ1) is 10.1. The fourth-order valence-corrected chi connectivity index (χ4v) is 4.02. The zero-order chi connectivity index (χ0) is 14.8. The summed E-state index contributed by atoms with van der Waals surface area (Å²) in [6, 6.07) is 0.897. The largest absolute Gasteiger partial charge is 0.331 e. The molecule has 1 fully saturated rings. The lowest BCUT2D eigenvalue weighted by atomic mass is 10.1. The van der Waals surface area contributed by atoms with E-state index in [1.807, 2.05) is 35.9 Å². The molecule has 0 saturated carbocycles. The number of rotatable bonds is 4. The van der Waals surface area contributed by atoms with E-state index in [9.17, 15) is 0 Å². The quantitative estimate of drug-likeness (QED) is 0.870. The van der Waals surface area contributed by atoms with Crippen LogP contribution in [-0.2, 0) is 13.6 Å². The minimum absolute atomic E-state index is 0.440. The maximum Gasteiger partial charge on any atom is 0.123 e. The number of aryl methyl sites for hydroxylation is 1. The lowest BCUT2D eigenvalue weighted by Gasteiger charge is -2.34. The SMILES string of the molecule is CC(C)n1ccnc1CN1CCSCC1c1cnn(C)c1. The predicted octanol–water partition coefficient (Wildman–Crippen LogP) is 2.49. The van der Waals surface area contributed by atoms with Crippen LogP contribution in [0, 0.1) is 0 Å². The van der Waals surface area contributed by atoms with Crippen LogP contribution in [0.1, 0.15) is 37.3 Å². The van der Waals surface area contributed by atoms with Crippen LogP contribution >= 0.6 is 11.8 Å². The van der Waals surface area contributed by atoms with E-state index in [0.29, 0.717) is 12.1 Å². The van der Waals surface area contributed by atoms with Crippen molar-refractivity contribution in [1.82, 2.24) is 24.2 Å². The number of imidazole rings is 1. The fourth-order valence-electron chi connectivity index (χ4n) is 2.86. The van der Waals surface area contributed by atoms with E-state index in [1.165, 1.54) is 11.3 Å². The number of thioether (sulfide) groups is 1. The van der Waals surface area contributed by atoms with E-state index in [2.05, 4.69) is 45.8 Å². The van der Waals surface area contributed by atoms with Crippen LogP contribution in [0.15, 0.2) is 24.8 Å². The molecule has 0 amide bonds. The Labute approximate surface area is 130 Å². The minimum Gasteiger partial charge on any atom is -0.331 e. The van der Waals surface area contributed by atoms with Crippen LogP contribution < -0.4 is 0 Å². The summed E-state index contributed by atoms with van der Waals surface area (Å²) in [5, 5.41) is 4.33. The molecular weight excluding hydrogens is 282 g/mol. The third-order valence-electron chi connectivity index (χ3n) is 4.00. The van der Waals surface area contributed by atoms with Gasteiger partial charge in [0.2, 0.25) is 0 Å². The first-order valence-electron chi connectivity index (χ1n) is 7.47. The molecule has 6 heteroatoms. The molecule has 2 aromatic rings. The monoisotopic (exact) mass is 305 g/mol. The molecule has 0 aromatic carbocycles. The third kappa shape index (κ3) is 3.16. The van der Waals surface area contributed by atoms with Gasteiger partial charge >= 0.3 is 0 Å². The Morgan fingerprint density at radius 3 is 3.00 bits per heavy atom. The molecule has 0 bridgehead atoms. The summed E-state index contributed by atoms with van der Waals surface area (Å²) in [5.74, 6) is 3.48. The number of nitrogens with zero attached hydrogens (tertiary/aromatic N) is 5. The lowest BCUT2D eigenvalue weighted by Crippen LogP contribution is -2.36. The van der Waals surface area contributed by atoms with Gasteiger partial charge in [0.25, 0.3) is 0 Å². The summed E-state index contributed by atoms with van der Waals surface area (Å²) >= 11 is 2.03. The maximum atomic E-state index is 4.56. The Morgan fingerprint density at radius 2 is 2.29 bits per heavy atom. The van der Waals surface area contributed by atoms with Gasteiger partial charge in [0.05, 0.1) is 12.7 Å². The molecule has 3 rings (SSSR count). The highest BCUT2D eigenvalue weighted by molar-refractivity contribution is 7.99. The van der Waals surface area contributed by atoms with E-state index in [-0.39, 0.29) is 0 Å². The molecule has 0 N–H and O–H groups in total. The Balaban J connectivity index is 1.80. The molecule has 1 saturated heterocycles. The molecule has 0 radical (unpaired) electrons. The summed E-state index contributed by atoms with van der Waals surface area (Å²) in [6.45, 7) is 6.42. The first-order valence-corrected chi connectivity index (χ1v) is 8.62. The second kappa shape index (κ2) is 6.23. The molecule has 3 heterocycles. The van der Waals surface area contributed by atoms with Crippen molar-refractivity contribution in [3.63, 3.8) is 0 Å². The number of hydrogen-bond acceptors (Lipinski definition) is 4. The van der Waals surface area contributed by atoms with Gasteiger partial charge in [-0.1, -0.05) is 0 Å². The minimum atomic E-state index is 0.440. The maximum absolute atomic E-state index is 4.56. The Bertz CT molecular complexity index is 588. The van der Waals surface area contributed by atoms with Crippen LogP contribution in [-0.4, -0.2) is 42.3 Å². The van der Waals surface area contributed by atoms with Gasteiger partial charge in [0, 0.05) is 61.3 Å². The van der Waals surface area contributed by atoms with Gasteiger partial charge in [0.15, 0.2) is 0 Å². The highest BCUT2D eigenvalue weighted by atomic mass is 32.2. The molecule has 21 heavy (non-hydrogen) atoms. The normalized spacial score (nSPS) is 20.3. The van der Waals surface area contributed by atoms with Gasteiger partial charge in [-0.05, 0) is 13.8 Å². The molecule has 2 aromatic heterocycles. The third-order valence-corrected chi connectivity index (χ3v) is 5.02. The van der Waals surface area contributed by atoms with Crippen molar-refractivity contribution in [3.05, 3.63) is 36.2 Å². The van der Waals surface area contributed by atoms with E-state index in [0.717, 1.165) is 24.7 Å². The van der Waals surface area contributed by atoms with E-state index >= 15 is 0 Å². The summed E-state index contributed by atoms with van der Waals surface area (Å²) in [6.07, 6.45) is 8.13. The first kappa shape index (κ1) is 14.7. The Kier molecular flexibility index (Phi) is 4.35. The Morgan fingerprint density at radius 1 is 1.43 bits per heavy atom. The summed E-state index contributed by atoms with van der Waals surface area (Å²) < 4.78 is 4.16. The van der Waals surface area contributed by atoms with Crippen molar-refractivity contribution in [3.8, 4) is 0 Å². The number of hydrogen-bond donors (Lipinski definition) is 0. The molecule has 1 aliphatic heterocycles. The fraction of sp³-hybridized carbons (Fsp3) is 0.600. The van der Waals surface area contributed by atoms with Crippen LogP contribution in [0.5, 0.6) is 0 Å². The van der Waals surface area contributed by atoms with Gasteiger partial charge in [-0.15, -0.1) is 0 Å². The van der Waals surface area contributed by atoms with Crippen LogP contribution in [0.4, 0.5) is 0 Å². The van der Waals surface area contributed by atoms with Crippen molar-refractivity contribution < 1.29 is 0 Å². The molecule has 0 spiro atoms. The van der Waals surface area contributed by atoms with Gasteiger partial charge in [-0.2, -0.15) is 16.9 Å². The highest BCUT2D eigenvalue weighted by Crippen LogP contribution is 2.30. The molecule has 114 valence electrons. The molecule has 0 aliphatic carbocycles. The van der Waals surface area contributed by atoms with Gasteiger partial charge in [-0.3, -0.25) is 9.58 Å². The second-order valence-electron chi connectivity index (χ2n) is 5.85. The predicted molar refractivity (Wildman–Crippen MR) is 86.3 cm³/mol. The van der Waals surface area contributed by atoms with E-state index < -0.39 is 0 Å². The van der Waals surface area contributed by atoms with E-state index in [1.54, 1.807) is 0 Å². The smallest absolute Gasteiger partial charge is 0.123 e. The topological polar surface area (TPSA) is 38.9 Å². The van der Waals surface area contributed by atoms with Gasteiger partial charge < -0.3 is 4.57 Å². The van der Waals surface area contributed by atoms with Gasteiger partial charge in [-0.25, -0.2) is 4.98 Å². The molecule has 1 aliphatic rings. The standard InChI is InChI=1S/C15H23N5S/c1-12(2)20-5-4-16-15(20)10-19-6-7-21-11-14(19)13-8-17-18(3)9-13/h4-5,8-9,12,14H,6-7,10-11H2,1-3H3. The molecule has 1 atom stereocenters. The van der Waals surface area contributed by atoms with Crippen LogP contribution in [0.2, 0.25) is 0 Å². The second-order valence-corrected chi connectivity index (χ2v) is 7.00. The molecular formula is C15H23N5S. The number of aromatic nitrogens is 4. The molecule has 5 nitrogen and oxygen atoms in total. The van der Waals surface area contributed by atoms with E-state index in [4.69, 9.17) is 0 Å². The zero-order valence-corrected chi connectivity index (χ0v) is 13.8. The molecule has 1 unspecified atom stereocenters. The van der Waals surface area contributed by atoms with Gasteiger partial charge in [0.1, 0.15) is 5.82 Å². The van der Waals surface area contributed by atoms with Crippen molar-refractivity contribution >= 4 is 11.8 Å². The van der Waals surface area contributed by atoms with Crippen molar-refractivity contribution in [2.75, 3.05) is 18.1 Å². The van der Waals surface area contributed by atoms with Crippen molar-refractivity contribution in [1.29, 1.82) is 0 Å². The average Bonchev–Trinajstić information content (AvgIpc) is 3.08. The Hall–Kier alpha value is -1.27. The lowest BCUT2D eigenvalue weighted by molar-refractivity contribution is 0.203. The summed E-state index contributed by atoms with van der Waals surface area (Å²) in [5.41, 5.74) is 1.31. The average molecular weight is 305 g/mol. The van der Waals surface area contributed by atoms with Crippen LogP contribution in [0.25, 0.3) is 0 Å². The highest BCUT2D eigenvalue weighted by Gasteiger charge is 2.26. The summed E-state index contributed by atoms with van der Waals surface area (Å²) in [7, 11) is 1.98. The van der Waals surface area contributed by atoms with Crippen molar-refractivity contribution in [2.45, 2.75) is 32.5 Å². The van der Waals surface area contributed by atoms with Crippen LogP contribution in [0.3, 0.4) is 0 Å².